The molecule has 0 atom stereocenters. The second-order valence-corrected chi connectivity index (χ2v) is 4.52. The van der Waals surface area contributed by atoms with Crippen molar-refractivity contribution in [2.75, 3.05) is 18.5 Å². The van der Waals surface area contributed by atoms with E-state index < -0.39 is 5.97 Å². The maximum absolute atomic E-state index is 11.9. The van der Waals surface area contributed by atoms with Gasteiger partial charge >= 0.3 is 5.97 Å². The van der Waals surface area contributed by atoms with E-state index in [0.717, 1.165) is 0 Å². The fourth-order valence-corrected chi connectivity index (χ4v) is 1.50. The molecule has 1 rings (SSSR count). The number of benzene rings is 1. The minimum absolute atomic E-state index is 0.141. The molecule has 0 heterocycles. The average molecular weight is 292 g/mol. The van der Waals surface area contributed by atoms with Crippen molar-refractivity contribution in [2.45, 2.75) is 20.0 Å². The number of esters is 1. The van der Waals surface area contributed by atoms with Crippen molar-refractivity contribution in [3.63, 3.8) is 0 Å². The summed E-state index contributed by atoms with van der Waals surface area (Å²) in [4.78, 5) is 23.2. The zero-order valence-electron chi connectivity index (χ0n) is 12.2. The third-order valence-electron chi connectivity index (χ3n) is 2.38. The molecular formula is C15H20N2O4. The molecule has 0 aliphatic carbocycles. The summed E-state index contributed by atoms with van der Waals surface area (Å²) < 4.78 is 10.6. The molecule has 1 amide bonds. The van der Waals surface area contributed by atoms with Crippen LogP contribution in [0.25, 0.3) is 0 Å². The summed E-state index contributed by atoms with van der Waals surface area (Å²) in [6.07, 6.45) is 1.35. The predicted molar refractivity (Wildman–Crippen MR) is 80.4 cm³/mol. The van der Waals surface area contributed by atoms with E-state index in [1.807, 2.05) is 0 Å². The van der Waals surface area contributed by atoms with Crippen LogP contribution in [-0.2, 0) is 9.53 Å². The van der Waals surface area contributed by atoms with Crippen LogP contribution in [0.5, 0.6) is 5.75 Å². The van der Waals surface area contributed by atoms with Gasteiger partial charge in [-0.2, -0.15) is 0 Å². The first-order valence-electron chi connectivity index (χ1n) is 6.56. The molecule has 0 unspecified atom stereocenters. The van der Waals surface area contributed by atoms with Gasteiger partial charge < -0.3 is 20.5 Å². The minimum Gasteiger partial charge on any atom is -0.487 e. The van der Waals surface area contributed by atoms with Crippen molar-refractivity contribution in [3.05, 3.63) is 36.4 Å². The summed E-state index contributed by atoms with van der Waals surface area (Å²) in [6.45, 7) is 7.19. The van der Waals surface area contributed by atoms with Gasteiger partial charge in [0.25, 0.3) is 0 Å². The van der Waals surface area contributed by atoms with E-state index in [9.17, 15) is 9.59 Å². The molecule has 0 fully saturated rings. The van der Waals surface area contributed by atoms with Crippen LogP contribution in [0.3, 0.4) is 0 Å². The van der Waals surface area contributed by atoms with Crippen molar-refractivity contribution < 1.29 is 19.1 Å². The van der Waals surface area contributed by atoms with Gasteiger partial charge in [0, 0.05) is 0 Å². The highest BCUT2D eigenvalue weighted by molar-refractivity contribution is 5.95. The number of carbonyl (C=O) groups is 2. The van der Waals surface area contributed by atoms with Gasteiger partial charge in [0.15, 0.2) is 0 Å². The lowest BCUT2D eigenvalue weighted by Gasteiger charge is -2.13. The molecule has 21 heavy (non-hydrogen) atoms. The van der Waals surface area contributed by atoms with E-state index >= 15 is 0 Å². The Labute approximate surface area is 123 Å². The molecule has 0 aliphatic heterocycles. The first-order chi connectivity index (χ1) is 9.97. The van der Waals surface area contributed by atoms with Crippen LogP contribution in [0.1, 0.15) is 24.2 Å². The smallest absolute Gasteiger partial charge is 0.338 e. The third-order valence-corrected chi connectivity index (χ3v) is 2.38. The maximum Gasteiger partial charge on any atom is 0.338 e. The quantitative estimate of drug-likeness (QED) is 0.590. The lowest BCUT2D eigenvalue weighted by atomic mass is 10.2. The van der Waals surface area contributed by atoms with E-state index in [-0.39, 0.29) is 25.2 Å². The molecule has 1 aromatic carbocycles. The molecule has 6 nitrogen and oxygen atoms in total. The van der Waals surface area contributed by atoms with Gasteiger partial charge in [-0.05, 0) is 32.0 Å². The highest BCUT2D eigenvalue weighted by Gasteiger charge is 2.14. The lowest BCUT2D eigenvalue weighted by Crippen LogP contribution is -2.22. The van der Waals surface area contributed by atoms with Crippen LogP contribution in [-0.4, -0.2) is 31.1 Å². The Kier molecular flexibility index (Phi) is 6.42. The van der Waals surface area contributed by atoms with Gasteiger partial charge in [0.2, 0.25) is 5.91 Å². The molecule has 0 spiro atoms. The van der Waals surface area contributed by atoms with Crippen molar-refractivity contribution >= 4 is 17.6 Å². The van der Waals surface area contributed by atoms with Crippen LogP contribution in [0.2, 0.25) is 0 Å². The maximum atomic E-state index is 11.9. The van der Waals surface area contributed by atoms with Gasteiger partial charge in [0.05, 0.1) is 23.9 Å². The summed E-state index contributed by atoms with van der Waals surface area (Å²) in [5.74, 6) is -0.448. The van der Waals surface area contributed by atoms with Crippen molar-refractivity contribution in [2.24, 2.45) is 5.73 Å². The summed E-state index contributed by atoms with van der Waals surface area (Å²) in [5.41, 5.74) is 6.04. The molecule has 0 aliphatic rings. The number of nitrogens with one attached hydrogen (secondary N) is 1. The number of anilines is 1. The van der Waals surface area contributed by atoms with E-state index in [2.05, 4.69) is 11.9 Å². The molecular weight excluding hydrogens is 272 g/mol. The molecule has 114 valence electrons. The summed E-state index contributed by atoms with van der Waals surface area (Å²) >= 11 is 0. The molecule has 0 saturated carbocycles. The predicted octanol–water partition coefficient (Wildman–Crippen LogP) is 1.71. The van der Waals surface area contributed by atoms with E-state index in [0.29, 0.717) is 17.0 Å². The second-order valence-electron chi connectivity index (χ2n) is 4.52. The highest BCUT2D eigenvalue weighted by atomic mass is 16.5. The Bertz CT molecular complexity index is 526. The number of amides is 1. The number of hydrogen-bond donors (Lipinski definition) is 2. The minimum atomic E-state index is -0.454. The molecule has 0 aromatic heterocycles. The van der Waals surface area contributed by atoms with Crippen LogP contribution in [0, 0.1) is 0 Å². The zero-order valence-corrected chi connectivity index (χ0v) is 12.2. The van der Waals surface area contributed by atoms with E-state index in [1.54, 1.807) is 32.1 Å². The van der Waals surface area contributed by atoms with E-state index in [4.69, 9.17) is 15.2 Å². The van der Waals surface area contributed by atoms with Gasteiger partial charge in [-0.15, -0.1) is 0 Å². The molecule has 3 N–H and O–H groups in total. The molecule has 1 aromatic rings. The fraction of sp³-hybridized carbons (Fsp3) is 0.333. The topological polar surface area (TPSA) is 90.6 Å². The van der Waals surface area contributed by atoms with Crippen LogP contribution in [0.15, 0.2) is 30.9 Å². The molecule has 0 bridgehead atoms. The Hall–Kier alpha value is -2.34. The molecule has 6 heteroatoms. The number of rotatable bonds is 7. The van der Waals surface area contributed by atoms with Crippen molar-refractivity contribution in [1.82, 2.24) is 0 Å². The van der Waals surface area contributed by atoms with E-state index in [1.165, 1.54) is 6.07 Å². The Morgan fingerprint density at radius 1 is 1.43 bits per heavy atom. The number of nitrogens with two attached hydrogens (primary N) is 1. The van der Waals surface area contributed by atoms with Gasteiger partial charge in [-0.1, -0.05) is 12.7 Å². The summed E-state index contributed by atoms with van der Waals surface area (Å²) in [5, 5.41) is 2.60. The normalized spacial score (nSPS) is 10.1. The second kappa shape index (κ2) is 8.06. The standard InChI is InChI=1S/C15H20N2O4/c1-4-7-20-13-8-11(15(19)21-10(2)3)5-6-12(13)17-14(18)9-16/h4-6,8,10H,1,7,9,16H2,2-3H3,(H,17,18). The zero-order chi connectivity index (χ0) is 15.8. The summed E-state index contributed by atoms with van der Waals surface area (Å²) in [6, 6.07) is 4.64. The third kappa shape index (κ3) is 5.27. The van der Waals surface area contributed by atoms with Crippen LogP contribution >= 0.6 is 0 Å². The summed E-state index contributed by atoms with van der Waals surface area (Å²) in [7, 11) is 0. The number of ether oxygens (including phenoxy) is 2. The first kappa shape index (κ1) is 16.7. The number of carbonyl (C=O) groups excluding carboxylic acids is 2. The first-order valence-corrected chi connectivity index (χ1v) is 6.56. The fourth-order valence-electron chi connectivity index (χ4n) is 1.50. The number of hydrogen-bond acceptors (Lipinski definition) is 5. The largest absolute Gasteiger partial charge is 0.487 e. The van der Waals surface area contributed by atoms with Crippen LogP contribution < -0.4 is 15.8 Å². The van der Waals surface area contributed by atoms with Gasteiger partial charge in [0.1, 0.15) is 12.4 Å². The average Bonchev–Trinajstić information content (AvgIpc) is 2.45. The lowest BCUT2D eigenvalue weighted by molar-refractivity contribution is -0.114. The SMILES string of the molecule is C=CCOc1cc(C(=O)OC(C)C)ccc1NC(=O)CN. The van der Waals surface area contributed by atoms with Gasteiger partial charge in [-0.25, -0.2) is 4.79 Å². The Morgan fingerprint density at radius 3 is 2.71 bits per heavy atom. The van der Waals surface area contributed by atoms with Gasteiger partial charge in [-0.3, -0.25) is 4.79 Å². The molecule has 0 saturated heterocycles. The van der Waals surface area contributed by atoms with Crippen molar-refractivity contribution in [3.8, 4) is 5.75 Å². The van der Waals surface area contributed by atoms with Crippen molar-refractivity contribution in [1.29, 1.82) is 0 Å². The Balaban J connectivity index is 3.02. The van der Waals surface area contributed by atoms with Crippen LogP contribution in [0.4, 0.5) is 5.69 Å². The monoisotopic (exact) mass is 292 g/mol. The highest BCUT2D eigenvalue weighted by Crippen LogP contribution is 2.26. The Morgan fingerprint density at radius 2 is 2.14 bits per heavy atom. The molecule has 0 radical (unpaired) electrons.